The number of carbonyl (C=O) groups excluding carboxylic acids is 1. The smallest absolute Gasteiger partial charge is 0.235 e. The van der Waals surface area contributed by atoms with E-state index in [0.29, 0.717) is 5.69 Å². The molecule has 5 nitrogen and oxygen atoms in total. The maximum absolute atomic E-state index is 12.0. The molecule has 0 fully saturated rings. The molecule has 106 valence electrons. The van der Waals surface area contributed by atoms with Gasteiger partial charge in [0, 0.05) is 11.7 Å². The number of anilines is 1. The summed E-state index contributed by atoms with van der Waals surface area (Å²) >= 11 is 0. The molecular formula is C13H20N2O3S. The molecule has 1 atom stereocenters. The lowest BCUT2D eigenvalue weighted by Gasteiger charge is -2.12. The van der Waals surface area contributed by atoms with Crippen molar-refractivity contribution in [1.82, 2.24) is 5.32 Å². The molecular weight excluding hydrogens is 264 g/mol. The van der Waals surface area contributed by atoms with Gasteiger partial charge in [-0.05, 0) is 37.6 Å². The highest BCUT2D eigenvalue weighted by molar-refractivity contribution is 7.92. The largest absolute Gasteiger partial charge is 0.399 e. The fourth-order valence-electron chi connectivity index (χ4n) is 1.75. The summed E-state index contributed by atoms with van der Waals surface area (Å²) in [5.41, 5.74) is 5.98. The average molecular weight is 284 g/mol. The van der Waals surface area contributed by atoms with Gasteiger partial charge in [0.15, 0.2) is 9.84 Å². The second-order valence-electron chi connectivity index (χ2n) is 4.59. The van der Waals surface area contributed by atoms with Gasteiger partial charge >= 0.3 is 0 Å². The van der Waals surface area contributed by atoms with Crippen LogP contribution in [0.3, 0.4) is 0 Å². The summed E-state index contributed by atoms with van der Waals surface area (Å²) in [6, 6.07) is 5.81. The molecule has 19 heavy (non-hydrogen) atoms. The second kappa shape index (κ2) is 6.56. The Morgan fingerprint density at radius 1 is 1.32 bits per heavy atom. The Kier molecular flexibility index (Phi) is 5.35. The number of amides is 1. The van der Waals surface area contributed by atoms with Crippen LogP contribution in [-0.2, 0) is 14.6 Å². The first-order valence-electron chi connectivity index (χ1n) is 6.23. The van der Waals surface area contributed by atoms with Crippen molar-refractivity contribution in [2.45, 2.75) is 37.6 Å². The van der Waals surface area contributed by atoms with Gasteiger partial charge in [-0.2, -0.15) is 0 Å². The number of nitrogen functional groups attached to an aromatic ring is 1. The molecule has 1 aromatic carbocycles. The molecule has 1 rings (SSSR count). The first-order valence-corrected chi connectivity index (χ1v) is 7.88. The topological polar surface area (TPSA) is 89.3 Å². The van der Waals surface area contributed by atoms with Crippen LogP contribution in [-0.4, -0.2) is 26.1 Å². The second-order valence-corrected chi connectivity index (χ2v) is 6.57. The van der Waals surface area contributed by atoms with E-state index in [0.717, 1.165) is 12.8 Å². The van der Waals surface area contributed by atoms with E-state index in [4.69, 9.17) is 5.73 Å². The molecule has 0 spiro atoms. The number of carbonyl (C=O) groups is 1. The van der Waals surface area contributed by atoms with Crippen molar-refractivity contribution >= 4 is 21.4 Å². The number of hydrogen-bond donors (Lipinski definition) is 2. The Hall–Kier alpha value is -1.56. The molecule has 0 aliphatic carbocycles. The summed E-state index contributed by atoms with van der Waals surface area (Å²) in [5, 5.41) is 2.68. The highest BCUT2D eigenvalue weighted by atomic mass is 32.2. The van der Waals surface area contributed by atoms with E-state index in [2.05, 4.69) is 5.32 Å². The molecule has 0 radical (unpaired) electrons. The first-order chi connectivity index (χ1) is 8.85. The molecule has 0 aliphatic heterocycles. The first kappa shape index (κ1) is 15.5. The van der Waals surface area contributed by atoms with Crippen molar-refractivity contribution in [2.75, 3.05) is 11.5 Å². The van der Waals surface area contributed by atoms with Crippen LogP contribution in [0, 0.1) is 0 Å². The van der Waals surface area contributed by atoms with Gasteiger partial charge in [-0.1, -0.05) is 13.3 Å². The van der Waals surface area contributed by atoms with E-state index >= 15 is 0 Å². The van der Waals surface area contributed by atoms with E-state index in [-0.39, 0.29) is 10.9 Å². The minimum Gasteiger partial charge on any atom is -0.399 e. The number of nitrogens with one attached hydrogen (secondary N) is 1. The van der Waals surface area contributed by atoms with Crippen LogP contribution in [0.25, 0.3) is 0 Å². The van der Waals surface area contributed by atoms with E-state index in [1.807, 2.05) is 13.8 Å². The quantitative estimate of drug-likeness (QED) is 0.772. The normalized spacial score (nSPS) is 12.9. The van der Waals surface area contributed by atoms with Crippen molar-refractivity contribution in [3.63, 3.8) is 0 Å². The predicted molar refractivity (Wildman–Crippen MR) is 75.4 cm³/mol. The molecule has 0 saturated carbocycles. The number of hydrogen-bond acceptors (Lipinski definition) is 4. The molecule has 1 unspecified atom stereocenters. The summed E-state index contributed by atoms with van der Waals surface area (Å²) < 4.78 is 24.0. The Labute approximate surface area is 114 Å². The SMILES string of the molecule is CCCC(C)NC(=O)CS(=O)(=O)c1ccc(N)cc1. The van der Waals surface area contributed by atoms with Crippen LogP contribution >= 0.6 is 0 Å². The van der Waals surface area contributed by atoms with Crippen LogP contribution in [0.5, 0.6) is 0 Å². The standard InChI is InChI=1S/C13H20N2O3S/c1-3-4-10(2)15-13(16)9-19(17,18)12-7-5-11(14)6-8-12/h5-8,10H,3-4,9,14H2,1-2H3,(H,15,16). The third-order valence-electron chi connectivity index (χ3n) is 2.69. The van der Waals surface area contributed by atoms with Gasteiger partial charge in [0.25, 0.3) is 0 Å². The zero-order valence-corrected chi connectivity index (χ0v) is 12.0. The van der Waals surface area contributed by atoms with Gasteiger partial charge in [0.05, 0.1) is 4.90 Å². The summed E-state index contributed by atoms with van der Waals surface area (Å²) in [7, 11) is -3.60. The highest BCUT2D eigenvalue weighted by Gasteiger charge is 2.20. The molecule has 0 aromatic heterocycles. The maximum atomic E-state index is 12.0. The number of sulfone groups is 1. The highest BCUT2D eigenvalue weighted by Crippen LogP contribution is 2.13. The van der Waals surface area contributed by atoms with Crippen molar-refractivity contribution in [3.05, 3.63) is 24.3 Å². The number of rotatable bonds is 6. The van der Waals surface area contributed by atoms with E-state index < -0.39 is 21.5 Å². The summed E-state index contributed by atoms with van der Waals surface area (Å²) in [6.45, 7) is 3.87. The van der Waals surface area contributed by atoms with E-state index in [1.165, 1.54) is 24.3 Å². The van der Waals surface area contributed by atoms with E-state index in [1.54, 1.807) is 0 Å². The van der Waals surface area contributed by atoms with Gasteiger partial charge in [0.1, 0.15) is 5.75 Å². The molecule has 0 saturated heterocycles. The maximum Gasteiger partial charge on any atom is 0.235 e. The minimum absolute atomic E-state index is 0.0147. The lowest BCUT2D eigenvalue weighted by atomic mass is 10.2. The Morgan fingerprint density at radius 2 is 1.89 bits per heavy atom. The number of benzene rings is 1. The zero-order valence-electron chi connectivity index (χ0n) is 11.2. The van der Waals surface area contributed by atoms with Crippen LogP contribution in [0.2, 0.25) is 0 Å². The van der Waals surface area contributed by atoms with Gasteiger partial charge < -0.3 is 11.1 Å². The lowest BCUT2D eigenvalue weighted by Crippen LogP contribution is -2.36. The van der Waals surface area contributed by atoms with Crippen molar-refractivity contribution < 1.29 is 13.2 Å². The van der Waals surface area contributed by atoms with Gasteiger partial charge in [-0.15, -0.1) is 0 Å². The van der Waals surface area contributed by atoms with Gasteiger partial charge in [-0.3, -0.25) is 4.79 Å². The fourth-order valence-corrected chi connectivity index (χ4v) is 2.90. The molecule has 0 aliphatic rings. The van der Waals surface area contributed by atoms with Crippen LogP contribution < -0.4 is 11.1 Å². The summed E-state index contributed by atoms with van der Waals surface area (Å²) in [5.74, 6) is -1.01. The molecule has 3 N–H and O–H groups in total. The van der Waals surface area contributed by atoms with Crippen molar-refractivity contribution in [2.24, 2.45) is 0 Å². The zero-order chi connectivity index (χ0) is 14.5. The molecule has 6 heteroatoms. The molecule has 1 aromatic rings. The van der Waals surface area contributed by atoms with Gasteiger partial charge in [0.2, 0.25) is 5.91 Å². The molecule has 0 heterocycles. The number of nitrogens with two attached hydrogens (primary N) is 1. The predicted octanol–water partition coefficient (Wildman–Crippen LogP) is 1.35. The molecule has 1 amide bonds. The lowest BCUT2D eigenvalue weighted by molar-refractivity contribution is -0.119. The third kappa shape index (κ3) is 4.90. The summed E-state index contributed by atoms with van der Waals surface area (Å²) in [6.07, 6.45) is 1.76. The Balaban J connectivity index is 2.69. The average Bonchev–Trinajstić information content (AvgIpc) is 2.28. The minimum atomic E-state index is -3.60. The van der Waals surface area contributed by atoms with Crippen LogP contribution in [0.4, 0.5) is 5.69 Å². The summed E-state index contributed by atoms with van der Waals surface area (Å²) in [4.78, 5) is 11.8. The Bertz CT molecular complexity index is 523. The van der Waals surface area contributed by atoms with Crippen molar-refractivity contribution in [3.8, 4) is 0 Å². The van der Waals surface area contributed by atoms with E-state index in [9.17, 15) is 13.2 Å². The van der Waals surface area contributed by atoms with Crippen LogP contribution in [0.15, 0.2) is 29.2 Å². The Morgan fingerprint density at radius 3 is 2.42 bits per heavy atom. The monoisotopic (exact) mass is 284 g/mol. The van der Waals surface area contributed by atoms with Crippen molar-refractivity contribution in [1.29, 1.82) is 0 Å². The molecule has 0 bridgehead atoms. The fraction of sp³-hybridized carbons (Fsp3) is 0.462. The van der Waals surface area contributed by atoms with Crippen LogP contribution in [0.1, 0.15) is 26.7 Å². The van der Waals surface area contributed by atoms with Gasteiger partial charge in [-0.25, -0.2) is 8.42 Å². The third-order valence-corrected chi connectivity index (χ3v) is 4.32.